The summed E-state index contributed by atoms with van der Waals surface area (Å²) in [5.74, 6) is -3.99. The van der Waals surface area contributed by atoms with Crippen molar-refractivity contribution in [2.45, 2.75) is 24.3 Å². The molecule has 2 amide bonds. The van der Waals surface area contributed by atoms with Gasteiger partial charge in [-0.25, -0.2) is 12.8 Å². The number of amides is 2. The van der Waals surface area contributed by atoms with Crippen LogP contribution in [-0.2, 0) is 14.6 Å². The number of hydrogen-bond acceptors (Lipinski definition) is 7. The van der Waals surface area contributed by atoms with E-state index in [4.69, 9.17) is 6.57 Å². The van der Waals surface area contributed by atoms with Gasteiger partial charge < -0.3 is 20.6 Å². The topological polar surface area (TPSA) is 143 Å². The summed E-state index contributed by atoms with van der Waals surface area (Å²) >= 11 is 0. The minimum Gasteiger partial charge on any atom is -0.379 e. The van der Waals surface area contributed by atoms with Crippen LogP contribution in [0.3, 0.4) is 0 Å². The van der Waals surface area contributed by atoms with Crippen molar-refractivity contribution >= 4 is 33.3 Å². The van der Waals surface area contributed by atoms with Crippen LogP contribution < -0.4 is 10.6 Å². The first-order valence-corrected chi connectivity index (χ1v) is 10.1. The SMILES string of the molecule is [C-]#[N+]c1nnc(NC(=O)[C@@](C)(O)CS(=O)(=O)c2ccc(C(=O)NC)c(F)c2)cc1C. The average molecular weight is 435 g/mol. The molecule has 0 aliphatic carbocycles. The van der Waals surface area contributed by atoms with Crippen molar-refractivity contribution < 1.29 is 27.5 Å². The van der Waals surface area contributed by atoms with E-state index in [1.807, 2.05) is 0 Å². The van der Waals surface area contributed by atoms with Crippen LogP contribution in [0.25, 0.3) is 4.85 Å². The van der Waals surface area contributed by atoms with E-state index in [9.17, 15) is 27.5 Å². The molecule has 12 heteroatoms. The molecule has 10 nitrogen and oxygen atoms in total. The van der Waals surface area contributed by atoms with Crippen molar-refractivity contribution in [2.24, 2.45) is 0 Å². The number of aryl methyl sites for hydroxylation is 1. The van der Waals surface area contributed by atoms with E-state index in [1.165, 1.54) is 13.1 Å². The van der Waals surface area contributed by atoms with Crippen LogP contribution in [0.4, 0.5) is 16.0 Å². The first-order chi connectivity index (χ1) is 13.9. The Morgan fingerprint density at radius 1 is 1.30 bits per heavy atom. The van der Waals surface area contributed by atoms with Crippen molar-refractivity contribution in [2.75, 3.05) is 18.1 Å². The molecule has 2 rings (SSSR count). The van der Waals surface area contributed by atoms with Gasteiger partial charge in [0, 0.05) is 12.1 Å². The number of aromatic nitrogens is 2. The average Bonchev–Trinajstić information content (AvgIpc) is 2.66. The highest BCUT2D eigenvalue weighted by Gasteiger charge is 2.37. The van der Waals surface area contributed by atoms with E-state index in [2.05, 4.69) is 25.7 Å². The summed E-state index contributed by atoms with van der Waals surface area (Å²) in [4.78, 5) is 26.5. The zero-order valence-electron chi connectivity index (χ0n) is 16.2. The van der Waals surface area contributed by atoms with Crippen LogP contribution in [0.5, 0.6) is 0 Å². The van der Waals surface area contributed by atoms with Crippen LogP contribution in [-0.4, -0.2) is 53.9 Å². The molecule has 0 saturated heterocycles. The number of benzene rings is 1. The van der Waals surface area contributed by atoms with E-state index in [1.54, 1.807) is 6.92 Å². The molecule has 1 atom stereocenters. The summed E-state index contributed by atoms with van der Waals surface area (Å²) in [6, 6.07) is 3.99. The summed E-state index contributed by atoms with van der Waals surface area (Å²) in [5, 5.41) is 22.1. The molecule has 30 heavy (non-hydrogen) atoms. The second-order valence-electron chi connectivity index (χ2n) is 6.56. The molecule has 0 fully saturated rings. The van der Waals surface area contributed by atoms with Gasteiger partial charge in [-0.3, -0.25) is 9.59 Å². The molecule has 1 aromatic carbocycles. The third kappa shape index (κ3) is 4.94. The first-order valence-electron chi connectivity index (χ1n) is 8.41. The Morgan fingerprint density at radius 2 is 1.97 bits per heavy atom. The van der Waals surface area contributed by atoms with Gasteiger partial charge in [-0.2, -0.15) is 0 Å². The minimum atomic E-state index is -4.30. The molecule has 3 N–H and O–H groups in total. The summed E-state index contributed by atoms with van der Waals surface area (Å²) in [6.45, 7) is 9.46. The number of carbonyl (C=O) groups excluding carboxylic acids is 2. The fraction of sp³-hybridized carbons (Fsp3) is 0.278. The van der Waals surface area contributed by atoms with E-state index in [0.717, 1.165) is 19.1 Å². The predicted octanol–water partition coefficient (Wildman–Crippen LogP) is 0.998. The van der Waals surface area contributed by atoms with Crippen molar-refractivity contribution in [3.8, 4) is 0 Å². The first kappa shape index (κ1) is 22.9. The van der Waals surface area contributed by atoms with Crippen molar-refractivity contribution in [1.82, 2.24) is 15.5 Å². The van der Waals surface area contributed by atoms with Crippen LogP contribution in [0, 0.1) is 19.3 Å². The maximum absolute atomic E-state index is 14.1. The fourth-order valence-corrected chi connectivity index (χ4v) is 4.02. The quantitative estimate of drug-likeness (QED) is 0.575. The summed E-state index contributed by atoms with van der Waals surface area (Å²) in [7, 11) is -3.01. The molecule has 0 radical (unpaired) electrons. The van der Waals surface area contributed by atoms with Gasteiger partial charge in [0.2, 0.25) is 0 Å². The zero-order valence-corrected chi connectivity index (χ0v) is 17.0. The zero-order chi connectivity index (χ0) is 22.7. The van der Waals surface area contributed by atoms with Gasteiger partial charge in [-0.15, -0.1) is 0 Å². The number of halogens is 1. The largest absolute Gasteiger partial charge is 0.379 e. The molecule has 0 saturated carbocycles. The normalized spacial score (nSPS) is 13.1. The molecule has 0 aliphatic rings. The molecule has 0 aliphatic heterocycles. The molecule has 0 spiro atoms. The number of hydrogen-bond donors (Lipinski definition) is 3. The number of nitrogens with zero attached hydrogens (tertiary/aromatic N) is 3. The highest BCUT2D eigenvalue weighted by atomic mass is 32.2. The number of sulfone groups is 1. The highest BCUT2D eigenvalue weighted by Crippen LogP contribution is 2.22. The number of aliphatic hydroxyl groups is 1. The third-order valence-corrected chi connectivity index (χ3v) is 5.95. The van der Waals surface area contributed by atoms with Gasteiger partial charge in [-0.1, -0.05) is 6.57 Å². The van der Waals surface area contributed by atoms with E-state index >= 15 is 0 Å². The summed E-state index contributed by atoms with van der Waals surface area (Å²) in [6.07, 6.45) is 0. The summed E-state index contributed by atoms with van der Waals surface area (Å²) in [5.41, 5.74) is -2.32. The Morgan fingerprint density at radius 3 is 2.50 bits per heavy atom. The maximum Gasteiger partial charge on any atom is 0.299 e. The number of nitrogens with one attached hydrogen (secondary N) is 2. The van der Waals surface area contributed by atoms with Crippen LogP contribution in [0.1, 0.15) is 22.8 Å². The lowest BCUT2D eigenvalue weighted by Gasteiger charge is -2.21. The lowest BCUT2D eigenvalue weighted by atomic mass is 10.1. The lowest BCUT2D eigenvalue weighted by Crippen LogP contribution is -2.46. The Labute approximate surface area is 171 Å². The number of rotatable bonds is 6. The highest BCUT2D eigenvalue weighted by molar-refractivity contribution is 7.91. The maximum atomic E-state index is 14.1. The Bertz CT molecular complexity index is 1160. The number of anilines is 1. The molecule has 1 aromatic heterocycles. The van der Waals surface area contributed by atoms with Gasteiger partial charge in [0.1, 0.15) is 5.82 Å². The van der Waals surface area contributed by atoms with Gasteiger partial charge in [0.25, 0.3) is 17.6 Å². The minimum absolute atomic E-state index is 0.0320. The van der Waals surface area contributed by atoms with Crippen molar-refractivity contribution in [1.29, 1.82) is 0 Å². The lowest BCUT2D eigenvalue weighted by molar-refractivity contribution is -0.130. The van der Waals surface area contributed by atoms with Crippen LogP contribution >= 0.6 is 0 Å². The van der Waals surface area contributed by atoms with Gasteiger partial charge in [0.05, 0.1) is 16.2 Å². The van der Waals surface area contributed by atoms with Crippen molar-refractivity contribution in [3.63, 3.8) is 0 Å². The van der Waals surface area contributed by atoms with Crippen LogP contribution in [0.15, 0.2) is 29.2 Å². The second-order valence-corrected chi connectivity index (χ2v) is 8.55. The monoisotopic (exact) mass is 435 g/mol. The predicted molar refractivity (Wildman–Crippen MR) is 104 cm³/mol. The van der Waals surface area contributed by atoms with Gasteiger partial charge >= 0.3 is 0 Å². The molecular weight excluding hydrogens is 417 g/mol. The van der Waals surface area contributed by atoms with Crippen LogP contribution in [0.2, 0.25) is 0 Å². The van der Waals surface area contributed by atoms with E-state index in [0.29, 0.717) is 11.6 Å². The van der Waals surface area contributed by atoms with Crippen molar-refractivity contribution in [3.05, 3.63) is 52.6 Å². The molecule has 0 unspecified atom stereocenters. The van der Waals surface area contributed by atoms with E-state index < -0.39 is 43.7 Å². The second kappa shape index (κ2) is 8.52. The molecule has 1 heterocycles. The fourth-order valence-electron chi connectivity index (χ4n) is 2.43. The third-order valence-electron chi connectivity index (χ3n) is 4.04. The Balaban J connectivity index is 2.23. The molecule has 158 valence electrons. The standard InChI is InChI=1S/C18H18FN5O5S/c1-10-7-14(23-24-15(10)20-3)22-17(26)18(2,27)9-30(28,29)11-5-6-12(13(19)8-11)16(25)21-4/h5-8,27H,9H2,1-2,4H3,(H,21,25)(H,22,23,26)/t18-/m0/s1. The Hall–Kier alpha value is -3.43. The van der Waals surface area contributed by atoms with Gasteiger partial charge in [0.15, 0.2) is 21.3 Å². The molecule has 2 aromatic rings. The summed E-state index contributed by atoms with van der Waals surface area (Å²) < 4.78 is 39.2. The molecule has 0 bridgehead atoms. The molecular formula is C18H18FN5O5S. The van der Waals surface area contributed by atoms with Gasteiger partial charge in [-0.05, 0) is 48.8 Å². The Kier molecular flexibility index (Phi) is 6.49. The van der Waals surface area contributed by atoms with E-state index in [-0.39, 0.29) is 17.2 Å². The number of carbonyl (C=O) groups is 2. The smallest absolute Gasteiger partial charge is 0.299 e.